The highest BCUT2D eigenvalue weighted by Crippen LogP contribution is 2.31. The Labute approximate surface area is 121 Å². The summed E-state index contributed by atoms with van der Waals surface area (Å²) in [6, 6.07) is 10.4. The maximum absolute atomic E-state index is 6.28. The smallest absolute Gasteiger partial charge is 0.0657 e. The molecule has 0 fully saturated rings. The first-order chi connectivity index (χ1) is 7.58. The van der Waals surface area contributed by atoms with Gasteiger partial charge in [-0.05, 0) is 65.4 Å². The lowest BCUT2D eigenvalue weighted by Gasteiger charge is -2.12. The molecule has 1 unspecified atom stereocenters. The molecule has 16 heavy (non-hydrogen) atoms. The van der Waals surface area contributed by atoms with Crippen LogP contribution in [0.3, 0.4) is 0 Å². The van der Waals surface area contributed by atoms with Gasteiger partial charge in [-0.1, -0.05) is 15.9 Å². The van der Waals surface area contributed by atoms with Crippen molar-refractivity contribution in [2.24, 2.45) is 5.73 Å². The zero-order valence-corrected chi connectivity index (χ0v) is 13.3. The number of hydrogen-bond donors (Lipinski definition) is 1. The van der Waals surface area contributed by atoms with Crippen LogP contribution in [0.5, 0.6) is 0 Å². The molecule has 0 aliphatic heterocycles. The average Bonchev–Trinajstić information content (AvgIpc) is 2.67. The third kappa shape index (κ3) is 2.67. The van der Waals surface area contributed by atoms with Crippen LogP contribution in [0.15, 0.2) is 34.8 Å². The zero-order valence-electron chi connectivity index (χ0n) is 8.71. The Balaban J connectivity index is 2.40. The van der Waals surface area contributed by atoms with Crippen molar-refractivity contribution in [2.45, 2.75) is 13.0 Å². The van der Waals surface area contributed by atoms with Crippen LogP contribution < -0.4 is 5.73 Å². The molecule has 1 aromatic carbocycles. The summed E-state index contributed by atoms with van der Waals surface area (Å²) in [5, 5.41) is 0. The lowest BCUT2D eigenvalue weighted by Crippen LogP contribution is -2.11. The van der Waals surface area contributed by atoms with Crippen molar-refractivity contribution in [3.8, 4) is 0 Å². The summed E-state index contributed by atoms with van der Waals surface area (Å²) in [5.41, 5.74) is 7.42. The number of halogens is 2. The molecule has 2 rings (SSSR count). The molecule has 1 aromatic heterocycles. The monoisotopic (exact) mass is 407 g/mol. The zero-order chi connectivity index (χ0) is 11.7. The molecular weight excluding hydrogens is 397 g/mol. The van der Waals surface area contributed by atoms with Crippen molar-refractivity contribution < 1.29 is 0 Å². The van der Waals surface area contributed by atoms with Crippen LogP contribution >= 0.6 is 49.9 Å². The molecule has 1 atom stereocenters. The molecule has 0 spiro atoms. The second kappa shape index (κ2) is 5.16. The first kappa shape index (κ1) is 12.5. The van der Waals surface area contributed by atoms with Crippen molar-refractivity contribution in [2.75, 3.05) is 0 Å². The van der Waals surface area contributed by atoms with E-state index in [1.807, 2.05) is 0 Å². The molecule has 0 aliphatic carbocycles. The van der Waals surface area contributed by atoms with Crippen LogP contribution in [-0.4, -0.2) is 0 Å². The Morgan fingerprint density at radius 1 is 1.31 bits per heavy atom. The van der Waals surface area contributed by atoms with E-state index in [0.717, 1.165) is 10.0 Å². The fourth-order valence-corrected chi connectivity index (χ4v) is 3.43. The van der Waals surface area contributed by atoms with Crippen LogP contribution in [0.1, 0.15) is 21.4 Å². The minimum absolute atomic E-state index is 0.0391. The predicted octanol–water partition coefficient (Wildman–Crippen LogP) is 4.47. The molecule has 1 nitrogen and oxygen atoms in total. The largest absolute Gasteiger partial charge is 0.320 e. The number of nitrogens with two attached hydrogens (primary N) is 1. The van der Waals surface area contributed by atoms with Crippen molar-refractivity contribution in [1.29, 1.82) is 0 Å². The van der Waals surface area contributed by atoms with Gasteiger partial charge in [-0.15, -0.1) is 11.3 Å². The summed E-state index contributed by atoms with van der Waals surface area (Å²) in [4.78, 5) is 2.51. The molecule has 0 saturated carbocycles. The molecule has 0 radical (unpaired) electrons. The molecule has 84 valence electrons. The summed E-state index contributed by atoms with van der Waals surface area (Å²) < 4.78 is 2.28. The number of benzene rings is 1. The maximum atomic E-state index is 6.28. The first-order valence-corrected chi connectivity index (χ1v) is 7.53. The Hall–Kier alpha value is 0.0900. The van der Waals surface area contributed by atoms with Gasteiger partial charge in [0.25, 0.3) is 0 Å². The number of hydrogen-bond acceptors (Lipinski definition) is 2. The minimum atomic E-state index is -0.0391. The topological polar surface area (TPSA) is 26.0 Å². The quantitative estimate of drug-likeness (QED) is 0.730. The number of rotatable bonds is 2. The lowest BCUT2D eigenvalue weighted by molar-refractivity contribution is 0.886. The van der Waals surface area contributed by atoms with Gasteiger partial charge in [-0.25, -0.2) is 0 Å². The predicted molar refractivity (Wildman–Crippen MR) is 81.9 cm³/mol. The van der Waals surface area contributed by atoms with Crippen LogP contribution in [0, 0.1) is 10.5 Å². The van der Waals surface area contributed by atoms with E-state index in [2.05, 4.69) is 75.8 Å². The van der Waals surface area contributed by atoms with E-state index in [4.69, 9.17) is 5.73 Å². The maximum Gasteiger partial charge on any atom is 0.0657 e. The van der Waals surface area contributed by atoms with Gasteiger partial charge in [0.2, 0.25) is 0 Å². The van der Waals surface area contributed by atoms with Gasteiger partial charge < -0.3 is 5.73 Å². The van der Waals surface area contributed by atoms with E-state index < -0.39 is 0 Å². The first-order valence-electron chi connectivity index (χ1n) is 4.85. The van der Waals surface area contributed by atoms with Gasteiger partial charge in [-0.3, -0.25) is 0 Å². The molecule has 0 amide bonds. The highest BCUT2D eigenvalue weighted by molar-refractivity contribution is 14.1. The summed E-state index contributed by atoms with van der Waals surface area (Å²) in [5.74, 6) is 0. The SMILES string of the molecule is Cc1ccc(C(N)c2cc(I)ccc2Br)s1. The fraction of sp³-hybridized carbons (Fsp3) is 0.167. The van der Waals surface area contributed by atoms with Crippen LogP contribution in [0.2, 0.25) is 0 Å². The van der Waals surface area contributed by atoms with Gasteiger partial charge in [0, 0.05) is 17.8 Å². The minimum Gasteiger partial charge on any atom is -0.320 e. The van der Waals surface area contributed by atoms with Gasteiger partial charge in [0.05, 0.1) is 6.04 Å². The second-order valence-corrected chi connectivity index (χ2v) is 7.01. The lowest BCUT2D eigenvalue weighted by atomic mass is 10.1. The Morgan fingerprint density at radius 2 is 2.06 bits per heavy atom. The third-order valence-electron chi connectivity index (χ3n) is 2.36. The Bertz CT molecular complexity index is 509. The van der Waals surface area contributed by atoms with Crippen molar-refractivity contribution in [3.05, 3.63) is 53.7 Å². The standard InChI is InChI=1S/C12H11BrINS/c1-7-2-5-11(16-7)12(15)9-6-8(14)3-4-10(9)13/h2-6,12H,15H2,1H3. The van der Waals surface area contributed by atoms with E-state index >= 15 is 0 Å². The Morgan fingerprint density at radius 3 is 2.69 bits per heavy atom. The van der Waals surface area contributed by atoms with Crippen LogP contribution in [0.25, 0.3) is 0 Å². The Kier molecular flexibility index (Phi) is 4.05. The molecule has 0 saturated heterocycles. The summed E-state index contributed by atoms with van der Waals surface area (Å²) in [6.45, 7) is 2.10. The normalized spacial score (nSPS) is 12.8. The molecule has 1 heterocycles. The van der Waals surface area contributed by atoms with Gasteiger partial charge >= 0.3 is 0 Å². The van der Waals surface area contributed by atoms with Gasteiger partial charge in [0.15, 0.2) is 0 Å². The molecule has 0 aliphatic rings. The van der Waals surface area contributed by atoms with Gasteiger partial charge in [0.1, 0.15) is 0 Å². The highest BCUT2D eigenvalue weighted by atomic mass is 127. The van der Waals surface area contributed by atoms with Crippen molar-refractivity contribution >= 4 is 49.9 Å². The molecular formula is C12H11BrINS. The second-order valence-electron chi connectivity index (χ2n) is 3.59. The third-order valence-corrected chi connectivity index (χ3v) is 4.84. The molecule has 2 aromatic rings. The number of thiophene rings is 1. The summed E-state index contributed by atoms with van der Waals surface area (Å²) in [6.07, 6.45) is 0. The average molecular weight is 408 g/mol. The summed E-state index contributed by atoms with van der Waals surface area (Å²) in [7, 11) is 0. The van der Waals surface area contributed by atoms with Crippen molar-refractivity contribution in [3.63, 3.8) is 0 Å². The van der Waals surface area contributed by atoms with E-state index in [1.54, 1.807) is 11.3 Å². The molecule has 4 heteroatoms. The van der Waals surface area contributed by atoms with E-state index in [1.165, 1.54) is 13.3 Å². The van der Waals surface area contributed by atoms with E-state index in [9.17, 15) is 0 Å². The molecule has 2 N–H and O–H groups in total. The highest BCUT2D eigenvalue weighted by Gasteiger charge is 2.14. The van der Waals surface area contributed by atoms with E-state index in [-0.39, 0.29) is 6.04 Å². The fourth-order valence-electron chi connectivity index (χ4n) is 1.53. The van der Waals surface area contributed by atoms with Crippen LogP contribution in [-0.2, 0) is 0 Å². The van der Waals surface area contributed by atoms with Gasteiger partial charge in [-0.2, -0.15) is 0 Å². The number of aryl methyl sites for hydroxylation is 1. The molecule has 0 bridgehead atoms. The van der Waals surface area contributed by atoms with E-state index in [0.29, 0.717) is 0 Å². The van der Waals surface area contributed by atoms with Crippen molar-refractivity contribution in [1.82, 2.24) is 0 Å². The summed E-state index contributed by atoms with van der Waals surface area (Å²) >= 11 is 7.62. The van der Waals surface area contributed by atoms with Crippen LogP contribution in [0.4, 0.5) is 0 Å².